The number of nitro benzene ring substituents is 1. The van der Waals surface area contributed by atoms with Crippen molar-refractivity contribution in [2.45, 2.75) is 24.9 Å². The van der Waals surface area contributed by atoms with Crippen molar-refractivity contribution >= 4 is 33.2 Å². The van der Waals surface area contributed by atoms with E-state index in [0.717, 1.165) is 15.9 Å². The minimum absolute atomic E-state index is 0.0256. The van der Waals surface area contributed by atoms with Crippen LogP contribution in [0.1, 0.15) is 17.1 Å². The molecule has 0 unspecified atom stereocenters. The second-order valence-electron chi connectivity index (χ2n) is 10.1. The first-order chi connectivity index (χ1) is 20.6. The number of sulfonamides is 1. The monoisotopic (exact) mass is 634 g/mol. The Kier molecular flexibility index (Phi) is 9.52. The zero-order valence-corrected chi connectivity index (χ0v) is 25.0. The van der Waals surface area contributed by atoms with E-state index >= 15 is 0 Å². The number of carbonyl (C=O) groups is 1. The highest BCUT2D eigenvalue weighted by Gasteiger charge is 2.31. The number of aryl methyl sites for hydroxylation is 1. The van der Waals surface area contributed by atoms with Gasteiger partial charge >= 0.3 is 0 Å². The van der Waals surface area contributed by atoms with E-state index < -0.39 is 33.1 Å². The summed E-state index contributed by atoms with van der Waals surface area (Å²) in [6.07, 6.45) is 0. The highest BCUT2D eigenvalue weighted by atomic mass is 35.5. The van der Waals surface area contributed by atoms with Gasteiger partial charge in [-0.25, -0.2) is 8.42 Å². The lowest BCUT2D eigenvalue weighted by atomic mass is 10.2. The van der Waals surface area contributed by atoms with Gasteiger partial charge in [-0.2, -0.15) is 4.31 Å². The highest BCUT2D eigenvalue weighted by Crippen LogP contribution is 2.33. The molecule has 15 heteroatoms. The average molecular weight is 635 g/mol. The van der Waals surface area contributed by atoms with Crippen molar-refractivity contribution in [3.05, 3.63) is 80.8 Å². The molecule has 0 aliphatic carbocycles. The number of rotatable bonds is 12. The molecule has 0 atom stereocenters. The van der Waals surface area contributed by atoms with Crippen LogP contribution in [0.25, 0.3) is 0 Å². The van der Waals surface area contributed by atoms with Crippen LogP contribution in [0, 0.1) is 17.0 Å². The molecule has 3 heterocycles. The van der Waals surface area contributed by atoms with E-state index in [2.05, 4.69) is 0 Å². The summed E-state index contributed by atoms with van der Waals surface area (Å²) in [5.74, 6) is 1.87. The average Bonchev–Trinajstić information content (AvgIpc) is 3.63. The topological polar surface area (TPSA) is 145 Å². The van der Waals surface area contributed by atoms with Crippen molar-refractivity contribution in [3.63, 3.8) is 0 Å². The fourth-order valence-corrected chi connectivity index (χ4v) is 6.39. The molecule has 3 aromatic rings. The number of carbonyl (C=O) groups excluding carboxylic acids is 1. The molecule has 230 valence electrons. The first-order valence-electron chi connectivity index (χ1n) is 13.6. The van der Waals surface area contributed by atoms with Crippen LogP contribution < -0.4 is 9.47 Å². The van der Waals surface area contributed by atoms with E-state index in [-0.39, 0.29) is 36.3 Å². The highest BCUT2D eigenvalue weighted by molar-refractivity contribution is 7.89. The molecule has 0 saturated carbocycles. The second kappa shape index (κ2) is 13.3. The van der Waals surface area contributed by atoms with Crippen molar-refractivity contribution in [3.8, 4) is 11.5 Å². The number of furan rings is 1. The molecule has 1 fully saturated rings. The number of morpholine rings is 1. The Morgan fingerprint density at radius 1 is 1.05 bits per heavy atom. The maximum absolute atomic E-state index is 13.9. The molecule has 1 amide bonds. The SMILES string of the molecule is Cc1ccc(CN(Cc2ccc3c(c2)OCO3)C(=O)CN(CCN2CCOCC2)S(=O)(=O)c2ccc(Cl)c([N+](=O)[O-])c2)o1. The van der Waals surface area contributed by atoms with Crippen LogP contribution in [-0.4, -0.2) is 86.1 Å². The van der Waals surface area contributed by atoms with Crippen LogP contribution in [0.2, 0.25) is 5.02 Å². The normalized spacial score (nSPS) is 15.1. The molecule has 43 heavy (non-hydrogen) atoms. The van der Waals surface area contributed by atoms with Gasteiger partial charge in [0.2, 0.25) is 22.7 Å². The van der Waals surface area contributed by atoms with Gasteiger partial charge in [0.25, 0.3) is 5.69 Å². The van der Waals surface area contributed by atoms with E-state index in [4.69, 9.17) is 30.2 Å². The van der Waals surface area contributed by atoms with Gasteiger partial charge in [-0.3, -0.25) is 19.8 Å². The van der Waals surface area contributed by atoms with Gasteiger partial charge in [0.15, 0.2) is 11.5 Å². The van der Waals surface area contributed by atoms with E-state index in [0.29, 0.717) is 55.9 Å². The summed E-state index contributed by atoms with van der Waals surface area (Å²) in [4.78, 5) is 27.9. The Balaban J connectivity index is 1.43. The third-order valence-corrected chi connectivity index (χ3v) is 9.30. The van der Waals surface area contributed by atoms with Gasteiger partial charge in [0.1, 0.15) is 16.5 Å². The van der Waals surface area contributed by atoms with Gasteiger partial charge < -0.3 is 23.5 Å². The maximum Gasteiger partial charge on any atom is 0.289 e. The minimum Gasteiger partial charge on any atom is -0.464 e. The molecule has 0 N–H and O–H groups in total. The molecule has 1 saturated heterocycles. The number of hydrogen-bond acceptors (Lipinski definition) is 10. The van der Waals surface area contributed by atoms with Crippen LogP contribution in [-0.2, 0) is 32.6 Å². The van der Waals surface area contributed by atoms with Crippen LogP contribution in [0.5, 0.6) is 11.5 Å². The molecule has 2 aliphatic heterocycles. The largest absolute Gasteiger partial charge is 0.464 e. The number of nitrogens with zero attached hydrogens (tertiary/aromatic N) is 4. The van der Waals surface area contributed by atoms with Gasteiger partial charge in [0.05, 0.1) is 36.1 Å². The molecular weight excluding hydrogens is 604 g/mol. The first-order valence-corrected chi connectivity index (χ1v) is 15.4. The smallest absolute Gasteiger partial charge is 0.289 e. The lowest BCUT2D eigenvalue weighted by Crippen LogP contribution is -2.47. The Bertz CT molecular complexity index is 1590. The maximum atomic E-state index is 13.9. The molecule has 13 nitrogen and oxygen atoms in total. The second-order valence-corrected chi connectivity index (χ2v) is 12.5. The molecule has 0 bridgehead atoms. The summed E-state index contributed by atoms with van der Waals surface area (Å²) in [5, 5.41) is 11.3. The Labute approximate surface area is 253 Å². The fraction of sp³-hybridized carbons (Fsp3) is 0.393. The molecule has 2 aromatic carbocycles. The van der Waals surface area contributed by atoms with Gasteiger partial charge in [0, 0.05) is 38.8 Å². The predicted molar refractivity (Wildman–Crippen MR) is 154 cm³/mol. The van der Waals surface area contributed by atoms with Crippen molar-refractivity contribution in [1.29, 1.82) is 0 Å². The van der Waals surface area contributed by atoms with Gasteiger partial charge in [-0.05, 0) is 48.9 Å². The van der Waals surface area contributed by atoms with Crippen LogP contribution in [0.15, 0.2) is 57.8 Å². The van der Waals surface area contributed by atoms with Gasteiger partial charge in [-0.1, -0.05) is 17.7 Å². The fourth-order valence-electron chi connectivity index (χ4n) is 4.80. The predicted octanol–water partition coefficient (Wildman–Crippen LogP) is 3.43. The number of amides is 1. The number of halogens is 1. The van der Waals surface area contributed by atoms with Crippen molar-refractivity contribution in [2.75, 3.05) is 52.7 Å². The van der Waals surface area contributed by atoms with Crippen molar-refractivity contribution in [1.82, 2.24) is 14.1 Å². The Hall–Kier alpha value is -3.69. The molecule has 5 rings (SSSR count). The molecular formula is C28H31ClN4O9S. The molecule has 1 aromatic heterocycles. The first kappa shape index (κ1) is 30.8. The standard InChI is InChI=1S/C28H31ClN4O9S/c1-20-2-4-22(42-20)17-31(16-21-3-7-26-27(14-21)41-19-40-26)28(34)18-32(9-8-30-10-12-39-13-11-30)43(37,38)23-5-6-24(29)25(15-23)33(35)36/h2-7,14-15H,8-13,16-19H2,1H3. The molecule has 2 aliphatic rings. The zero-order valence-electron chi connectivity index (χ0n) is 23.4. The molecule has 0 radical (unpaired) electrons. The summed E-state index contributed by atoms with van der Waals surface area (Å²) < 4.78 is 50.8. The van der Waals surface area contributed by atoms with Crippen LogP contribution in [0.4, 0.5) is 5.69 Å². The third kappa shape index (κ3) is 7.46. The van der Waals surface area contributed by atoms with Gasteiger partial charge in [-0.15, -0.1) is 0 Å². The van der Waals surface area contributed by atoms with Crippen molar-refractivity contribution < 1.29 is 36.8 Å². The molecule has 0 spiro atoms. The summed E-state index contributed by atoms with van der Waals surface area (Å²) in [5.41, 5.74) is 0.205. The van der Waals surface area contributed by atoms with E-state index in [1.54, 1.807) is 37.3 Å². The van der Waals surface area contributed by atoms with Crippen LogP contribution >= 0.6 is 11.6 Å². The minimum atomic E-state index is -4.35. The van der Waals surface area contributed by atoms with E-state index in [9.17, 15) is 23.3 Å². The summed E-state index contributed by atoms with van der Waals surface area (Å²) in [6.45, 7) is 4.18. The van der Waals surface area contributed by atoms with E-state index in [1.807, 2.05) is 4.90 Å². The lowest BCUT2D eigenvalue weighted by molar-refractivity contribution is -0.384. The lowest BCUT2D eigenvalue weighted by Gasteiger charge is -2.31. The summed E-state index contributed by atoms with van der Waals surface area (Å²) in [6, 6.07) is 12.2. The van der Waals surface area contributed by atoms with Crippen LogP contribution in [0.3, 0.4) is 0 Å². The summed E-state index contributed by atoms with van der Waals surface area (Å²) >= 11 is 5.95. The number of ether oxygens (including phenoxy) is 3. The quantitative estimate of drug-likeness (QED) is 0.215. The Morgan fingerprint density at radius 3 is 2.53 bits per heavy atom. The third-order valence-electron chi connectivity index (χ3n) is 7.14. The number of hydrogen-bond donors (Lipinski definition) is 0. The van der Waals surface area contributed by atoms with Crippen molar-refractivity contribution in [2.24, 2.45) is 0 Å². The number of benzene rings is 2. The zero-order chi connectivity index (χ0) is 30.6. The van der Waals surface area contributed by atoms with E-state index in [1.165, 1.54) is 17.0 Å². The summed E-state index contributed by atoms with van der Waals surface area (Å²) in [7, 11) is -4.35. The number of nitro groups is 1. The number of fused-ring (bicyclic) bond motifs is 1. The Morgan fingerprint density at radius 2 is 1.81 bits per heavy atom.